The first-order chi connectivity index (χ1) is 22.2. The van der Waals surface area contributed by atoms with E-state index in [0.29, 0.717) is 17.7 Å². The lowest BCUT2D eigenvalue weighted by Crippen LogP contribution is -2.50. The number of halogens is 1. The summed E-state index contributed by atoms with van der Waals surface area (Å²) < 4.78 is 47.0. The molecule has 4 aromatic rings. The van der Waals surface area contributed by atoms with Gasteiger partial charge < -0.3 is 15.0 Å². The fraction of sp³-hybridized carbons (Fsp3) is 0.278. The number of sulfonamides is 1. The highest BCUT2D eigenvalue weighted by Crippen LogP contribution is 2.23. The topological polar surface area (TPSA) is 105 Å². The zero-order chi connectivity index (χ0) is 32.5. The summed E-state index contributed by atoms with van der Waals surface area (Å²) in [6, 6.07) is 28.4. The number of rotatable bonds is 15. The fourth-order valence-electron chi connectivity index (χ4n) is 5.21. The largest absolute Gasteiger partial charge is 0.496 e. The van der Waals surface area contributed by atoms with Crippen LogP contribution in [0.2, 0.25) is 0 Å². The third-order valence-electron chi connectivity index (χ3n) is 7.94. The summed E-state index contributed by atoms with van der Waals surface area (Å²) in [5.74, 6) is -0.341. The molecule has 240 valence electrons. The smallest absolute Gasteiger partial charge is 0.243 e. The number of ether oxygens (including phenoxy) is 1. The quantitative estimate of drug-likeness (QED) is 0.186. The number of methoxy groups -OCH3 is 1. The number of nitrogens with zero attached hydrogens (tertiary/aromatic N) is 1. The molecule has 46 heavy (non-hydrogen) atoms. The molecule has 8 nitrogen and oxygen atoms in total. The molecule has 0 radical (unpaired) electrons. The van der Waals surface area contributed by atoms with E-state index in [1.54, 1.807) is 48.4 Å². The average molecular weight is 644 g/mol. The van der Waals surface area contributed by atoms with Crippen LogP contribution in [0.3, 0.4) is 0 Å². The SMILES string of the molecule is COc1ccccc1CNC(=O)[C@H](Cc1ccccc1)N(Cc1ccc(F)cc1)C(=O)CCc1ccc(S(=O)(=O)NC2CC2)cc1. The lowest BCUT2D eigenvalue weighted by molar-refractivity contribution is -0.141. The molecule has 1 fully saturated rings. The average Bonchev–Trinajstić information content (AvgIpc) is 3.89. The molecular weight excluding hydrogens is 605 g/mol. The van der Waals surface area contributed by atoms with E-state index in [-0.39, 0.29) is 48.7 Å². The van der Waals surface area contributed by atoms with E-state index in [4.69, 9.17) is 4.74 Å². The molecule has 4 aromatic carbocycles. The Hall–Kier alpha value is -4.54. The molecule has 1 saturated carbocycles. The first kappa shape index (κ1) is 32.8. The summed E-state index contributed by atoms with van der Waals surface area (Å²) >= 11 is 0. The van der Waals surface area contributed by atoms with E-state index in [9.17, 15) is 22.4 Å². The molecule has 10 heteroatoms. The van der Waals surface area contributed by atoms with Crippen LogP contribution in [0.15, 0.2) is 108 Å². The maximum absolute atomic E-state index is 14.0. The van der Waals surface area contributed by atoms with Gasteiger partial charge in [0.1, 0.15) is 17.6 Å². The number of hydrogen-bond donors (Lipinski definition) is 2. The fourth-order valence-corrected chi connectivity index (χ4v) is 6.51. The van der Waals surface area contributed by atoms with E-state index in [2.05, 4.69) is 10.0 Å². The van der Waals surface area contributed by atoms with Crippen LogP contribution >= 0.6 is 0 Å². The van der Waals surface area contributed by atoms with Crippen LogP contribution in [0.5, 0.6) is 5.75 Å². The summed E-state index contributed by atoms with van der Waals surface area (Å²) in [5, 5.41) is 3.00. The number of amides is 2. The van der Waals surface area contributed by atoms with E-state index < -0.39 is 21.9 Å². The van der Waals surface area contributed by atoms with E-state index in [0.717, 1.165) is 29.5 Å². The van der Waals surface area contributed by atoms with Gasteiger partial charge in [-0.1, -0.05) is 72.8 Å². The number of para-hydroxylation sites is 1. The second kappa shape index (κ2) is 15.2. The zero-order valence-corrected chi connectivity index (χ0v) is 26.5. The van der Waals surface area contributed by atoms with Crippen molar-refractivity contribution in [1.82, 2.24) is 14.9 Å². The number of carbonyl (C=O) groups excluding carboxylic acids is 2. The Morgan fingerprint density at radius 3 is 2.20 bits per heavy atom. The predicted octanol–water partition coefficient (Wildman–Crippen LogP) is 5.16. The van der Waals surface area contributed by atoms with Crippen molar-refractivity contribution < 1.29 is 27.1 Å². The van der Waals surface area contributed by atoms with Gasteiger partial charge in [0.05, 0.1) is 12.0 Å². The Morgan fingerprint density at radius 2 is 1.52 bits per heavy atom. The van der Waals surface area contributed by atoms with Gasteiger partial charge in [-0.2, -0.15) is 0 Å². The van der Waals surface area contributed by atoms with Gasteiger partial charge >= 0.3 is 0 Å². The van der Waals surface area contributed by atoms with Crippen molar-refractivity contribution in [3.8, 4) is 5.75 Å². The minimum absolute atomic E-state index is 0.00476. The molecule has 0 saturated heterocycles. The Morgan fingerprint density at radius 1 is 0.870 bits per heavy atom. The van der Waals surface area contributed by atoms with Crippen molar-refractivity contribution in [3.63, 3.8) is 0 Å². The second-order valence-corrected chi connectivity index (χ2v) is 13.1. The van der Waals surface area contributed by atoms with Gasteiger partial charge in [0.25, 0.3) is 0 Å². The molecule has 1 atom stereocenters. The van der Waals surface area contributed by atoms with Gasteiger partial charge in [0.15, 0.2) is 0 Å². The minimum Gasteiger partial charge on any atom is -0.496 e. The van der Waals surface area contributed by atoms with Gasteiger partial charge in [0.2, 0.25) is 21.8 Å². The molecule has 5 rings (SSSR count). The highest BCUT2D eigenvalue weighted by Gasteiger charge is 2.31. The number of nitrogens with one attached hydrogen (secondary N) is 2. The summed E-state index contributed by atoms with van der Waals surface area (Å²) in [4.78, 5) is 29.7. The van der Waals surface area contributed by atoms with Crippen molar-refractivity contribution >= 4 is 21.8 Å². The molecule has 1 aliphatic carbocycles. The maximum Gasteiger partial charge on any atom is 0.243 e. The molecule has 0 aromatic heterocycles. The molecule has 0 unspecified atom stereocenters. The predicted molar refractivity (Wildman–Crippen MR) is 174 cm³/mol. The van der Waals surface area contributed by atoms with E-state index in [1.165, 1.54) is 12.1 Å². The number of benzene rings is 4. The van der Waals surface area contributed by atoms with Crippen molar-refractivity contribution in [1.29, 1.82) is 0 Å². The minimum atomic E-state index is -3.58. The van der Waals surface area contributed by atoms with Crippen LogP contribution in [0.4, 0.5) is 4.39 Å². The molecule has 2 N–H and O–H groups in total. The van der Waals surface area contributed by atoms with Crippen molar-refractivity contribution in [2.24, 2.45) is 0 Å². The molecule has 0 bridgehead atoms. The standard InChI is InChI=1S/C36H38FN3O5S/c1-45-34-10-6-5-9-29(34)24-38-36(42)33(23-27-7-3-2-4-8-27)40(25-28-11-16-30(37)17-12-28)35(41)22-15-26-13-20-32(21-14-26)46(43,44)39-31-18-19-31/h2-14,16-17,20-21,31,33,39H,15,18-19,22-25H2,1H3,(H,38,42)/t33-/m0/s1. The van der Waals surface area contributed by atoms with E-state index in [1.807, 2.05) is 54.6 Å². The summed E-state index contributed by atoms with van der Waals surface area (Å²) in [5.41, 5.74) is 3.16. The highest BCUT2D eigenvalue weighted by atomic mass is 32.2. The summed E-state index contributed by atoms with van der Waals surface area (Å²) in [7, 11) is -2.01. The third-order valence-corrected chi connectivity index (χ3v) is 9.48. The highest BCUT2D eigenvalue weighted by molar-refractivity contribution is 7.89. The Labute approximate surface area is 269 Å². The lowest BCUT2D eigenvalue weighted by atomic mass is 10.0. The van der Waals surface area contributed by atoms with Gasteiger partial charge in [-0.15, -0.1) is 0 Å². The molecule has 1 aliphatic rings. The number of carbonyl (C=O) groups is 2. The van der Waals surface area contributed by atoms with Gasteiger partial charge in [-0.3, -0.25) is 9.59 Å². The monoisotopic (exact) mass is 643 g/mol. The molecule has 0 heterocycles. The van der Waals surface area contributed by atoms with Crippen LogP contribution in [0.1, 0.15) is 41.5 Å². The van der Waals surface area contributed by atoms with Crippen LogP contribution in [0, 0.1) is 5.82 Å². The van der Waals surface area contributed by atoms with Gasteiger partial charge in [-0.25, -0.2) is 17.5 Å². The Balaban J connectivity index is 1.37. The summed E-state index contributed by atoms with van der Waals surface area (Å²) in [6.07, 6.45) is 2.38. The Kier molecular flexibility index (Phi) is 10.8. The first-order valence-electron chi connectivity index (χ1n) is 15.3. The van der Waals surface area contributed by atoms with Crippen LogP contribution in [0.25, 0.3) is 0 Å². The van der Waals surface area contributed by atoms with Gasteiger partial charge in [-0.05, 0) is 66.3 Å². The van der Waals surface area contributed by atoms with Crippen molar-refractivity contribution in [2.45, 2.75) is 62.2 Å². The van der Waals surface area contributed by atoms with Crippen LogP contribution < -0.4 is 14.8 Å². The van der Waals surface area contributed by atoms with Gasteiger partial charge in [0, 0.05) is 37.5 Å². The van der Waals surface area contributed by atoms with Crippen molar-refractivity contribution in [2.75, 3.05) is 7.11 Å². The first-order valence-corrected chi connectivity index (χ1v) is 16.8. The zero-order valence-electron chi connectivity index (χ0n) is 25.7. The summed E-state index contributed by atoms with van der Waals surface area (Å²) in [6.45, 7) is 0.306. The second-order valence-electron chi connectivity index (χ2n) is 11.4. The normalized spacial score (nSPS) is 13.5. The van der Waals surface area contributed by atoms with E-state index >= 15 is 0 Å². The Bertz CT molecular complexity index is 1730. The van der Waals surface area contributed by atoms with Crippen molar-refractivity contribution in [3.05, 3.63) is 131 Å². The molecule has 0 spiro atoms. The lowest BCUT2D eigenvalue weighted by Gasteiger charge is -2.32. The maximum atomic E-state index is 14.0. The third kappa shape index (κ3) is 9.02. The molecule has 0 aliphatic heterocycles. The number of aryl methyl sites for hydroxylation is 1. The number of hydrogen-bond acceptors (Lipinski definition) is 5. The molecule has 2 amide bonds. The van der Waals surface area contributed by atoms with Crippen LogP contribution in [-0.4, -0.2) is 44.3 Å². The molecular formula is C36H38FN3O5S. The van der Waals surface area contributed by atoms with Crippen LogP contribution in [-0.2, 0) is 45.5 Å².